The largest absolute Gasteiger partial charge is 0.508 e. The van der Waals surface area contributed by atoms with Gasteiger partial charge in [0, 0.05) is 7.05 Å². The van der Waals surface area contributed by atoms with Gasteiger partial charge in [0.2, 0.25) is 0 Å². The molecule has 0 saturated heterocycles. The van der Waals surface area contributed by atoms with Gasteiger partial charge in [-0.25, -0.2) is 0 Å². The van der Waals surface area contributed by atoms with Gasteiger partial charge in [0.05, 0.1) is 18.2 Å². The molecule has 1 atom stereocenters. The van der Waals surface area contributed by atoms with Crippen LogP contribution in [0.3, 0.4) is 0 Å². The van der Waals surface area contributed by atoms with E-state index in [0.29, 0.717) is 5.56 Å². The van der Waals surface area contributed by atoms with Crippen molar-refractivity contribution in [2.45, 2.75) is 6.10 Å². The molecule has 0 radical (unpaired) electrons. The number of likely N-dealkylation sites (N-methyl/N-ethyl adjacent to an activating group) is 1. The molecule has 0 spiro atoms. The fourth-order valence-electron chi connectivity index (χ4n) is 2.00. The smallest absolute Gasteiger partial charge is 0.257 e. The van der Waals surface area contributed by atoms with Crippen LogP contribution in [0.4, 0.5) is 0 Å². The molecule has 3 N–H and O–H groups in total. The number of benzene rings is 2. The first kappa shape index (κ1) is 14.9. The van der Waals surface area contributed by atoms with E-state index in [1.807, 2.05) is 0 Å². The van der Waals surface area contributed by atoms with Crippen LogP contribution in [-0.2, 0) is 0 Å². The van der Waals surface area contributed by atoms with Crippen molar-refractivity contribution >= 4 is 5.91 Å². The zero-order chi connectivity index (χ0) is 15.4. The van der Waals surface area contributed by atoms with Crippen molar-refractivity contribution in [3.63, 3.8) is 0 Å². The summed E-state index contributed by atoms with van der Waals surface area (Å²) < 4.78 is 0. The Kier molecular flexibility index (Phi) is 4.45. The van der Waals surface area contributed by atoms with Crippen LogP contribution in [0.5, 0.6) is 11.5 Å². The number of hydrogen-bond acceptors (Lipinski definition) is 4. The quantitative estimate of drug-likeness (QED) is 0.802. The van der Waals surface area contributed by atoms with E-state index in [1.54, 1.807) is 31.3 Å². The van der Waals surface area contributed by atoms with E-state index in [4.69, 9.17) is 0 Å². The maximum Gasteiger partial charge on any atom is 0.257 e. The normalized spacial score (nSPS) is 11.9. The molecule has 1 unspecified atom stereocenters. The summed E-state index contributed by atoms with van der Waals surface area (Å²) in [5.74, 6) is -0.344. The number of amides is 1. The molecule has 2 rings (SSSR count). The Labute approximate surface area is 122 Å². The molecule has 0 aliphatic rings. The van der Waals surface area contributed by atoms with Crippen molar-refractivity contribution in [1.82, 2.24) is 4.90 Å². The summed E-state index contributed by atoms with van der Waals surface area (Å²) in [6.45, 7) is 0.0813. The van der Waals surface area contributed by atoms with Crippen LogP contribution in [0, 0.1) is 0 Å². The molecule has 0 bridgehead atoms. The van der Waals surface area contributed by atoms with Crippen molar-refractivity contribution in [1.29, 1.82) is 0 Å². The first-order chi connectivity index (χ1) is 9.99. The van der Waals surface area contributed by atoms with Gasteiger partial charge in [-0.05, 0) is 29.8 Å². The first-order valence-corrected chi connectivity index (χ1v) is 6.49. The molecule has 2 aromatic carbocycles. The van der Waals surface area contributed by atoms with Gasteiger partial charge in [-0.15, -0.1) is 0 Å². The Morgan fingerprint density at radius 1 is 1.10 bits per heavy atom. The summed E-state index contributed by atoms with van der Waals surface area (Å²) in [5.41, 5.74) is 0.794. The number of aliphatic hydroxyl groups is 1. The number of nitrogens with zero attached hydrogens (tertiary/aromatic N) is 1. The summed E-state index contributed by atoms with van der Waals surface area (Å²) in [6, 6.07) is 12.4. The summed E-state index contributed by atoms with van der Waals surface area (Å²) in [7, 11) is 1.55. The Balaban J connectivity index is 2.07. The number of hydrogen-bond donors (Lipinski definition) is 3. The Bertz CT molecular complexity index is 624. The molecule has 1 amide bonds. The molecule has 0 fully saturated rings. The van der Waals surface area contributed by atoms with Crippen LogP contribution in [0.2, 0.25) is 0 Å². The lowest BCUT2D eigenvalue weighted by Gasteiger charge is -2.21. The van der Waals surface area contributed by atoms with Crippen molar-refractivity contribution in [2.24, 2.45) is 0 Å². The molecule has 0 saturated carbocycles. The van der Waals surface area contributed by atoms with Crippen molar-refractivity contribution in [2.75, 3.05) is 13.6 Å². The highest BCUT2D eigenvalue weighted by Crippen LogP contribution is 2.20. The summed E-state index contributed by atoms with van der Waals surface area (Å²) >= 11 is 0. The van der Waals surface area contributed by atoms with Gasteiger partial charge in [-0.1, -0.05) is 24.3 Å². The number of para-hydroxylation sites is 1. The second-order valence-electron chi connectivity index (χ2n) is 4.81. The van der Waals surface area contributed by atoms with Gasteiger partial charge in [0.1, 0.15) is 11.5 Å². The summed E-state index contributed by atoms with van der Waals surface area (Å²) in [6.07, 6.45) is -0.870. The van der Waals surface area contributed by atoms with Gasteiger partial charge in [-0.2, -0.15) is 0 Å². The highest BCUT2D eigenvalue weighted by Gasteiger charge is 2.18. The van der Waals surface area contributed by atoms with Gasteiger partial charge >= 0.3 is 0 Å². The van der Waals surface area contributed by atoms with Crippen LogP contribution >= 0.6 is 0 Å². The third kappa shape index (κ3) is 3.52. The van der Waals surface area contributed by atoms with Crippen LogP contribution in [0.15, 0.2) is 48.5 Å². The maximum absolute atomic E-state index is 12.2. The van der Waals surface area contributed by atoms with Crippen LogP contribution in [0.25, 0.3) is 0 Å². The monoisotopic (exact) mass is 287 g/mol. The predicted molar refractivity (Wildman–Crippen MR) is 78.1 cm³/mol. The second-order valence-corrected chi connectivity index (χ2v) is 4.81. The minimum absolute atomic E-state index is 0.0813. The van der Waals surface area contributed by atoms with Crippen molar-refractivity contribution in [3.05, 3.63) is 59.7 Å². The van der Waals surface area contributed by atoms with Gasteiger partial charge in [-0.3, -0.25) is 4.79 Å². The van der Waals surface area contributed by atoms with E-state index in [1.165, 1.54) is 29.2 Å². The van der Waals surface area contributed by atoms with E-state index in [9.17, 15) is 20.1 Å². The Hall–Kier alpha value is -2.53. The predicted octanol–water partition coefficient (Wildman–Crippen LogP) is 1.90. The lowest BCUT2D eigenvalue weighted by atomic mass is 10.1. The molecule has 0 aliphatic carbocycles. The molecular formula is C16H17NO4. The molecule has 0 aliphatic heterocycles. The number of carbonyl (C=O) groups is 1. The molecule has 0 heterocycles. The van der Waals surface area contributed by atoms with Crippen LogP contribution in [-0.4, -0.2) is 39.7 Å². The average molecular weight is 287 g/mol. The van der Waals surface area contributed by atoms with E-state index in [0.717, 1.165) is 0 Å². The number of aliphatic hydroxyl groups excluding tert-OH is 1. The number of aromatic hydroxyl groups is 2. The maximum atomic E-state index is 12.2. The highest BCUT2D eigenvalue weighted by atomic mass is 16.3. The number of carbonyl (C=O) groups excluding carboxylic acids is 1. The minimum Gasteiger partial charge on any atom is -0.508 e. The fraction of sp³-hybridized carbons (Fsp3) is 0.188. The summed E-state index contributed by atoms with van der Waals surface area (Å²) in [5, 5.41) is 29.0. The van der Waals surface area contributed by atoms with Crippen molar-refractivity contribution < 1.29 is 20.1 Å². The van der Waals surface area contributed by atoms with E-state index < -0.39 is 6.10 Å². The molecule has 5 nitrogen and oxygen atoms in total. The number of phenolic OH excluding ortho intramolecular Hbond substituents is 2. The highest BCUT2D eigenvalue weighted by molar-refractivity contribution is 5.96. The molecule has 2 aromatic rings. The lowest BCUT2D eigenvalue weighted by molar-refractivity contribution is 0.0678. The number of phenols is 2. The first-order valence-electron chi connectivity index (χ1n) is 6.49. The zero-order valence-electron chi connectivity index (χ0n) is 11.6. The second kappa shape index (κ2) is 6.28. The molecule has 110 valence electrons. The van der Waals surface area contributed by atoms with Gasteiger partial charge in [0.15, 0.2) is 0 Å². The number of rotatable bonds is 4. The summed E-state index contributed by atoms with van der Waals surface area (Å²) in [4.78, 5) is 13.5. The topological polar surface area (TPSA) is 81.0 Å². The van der Waals surface area contributed by atoms with Crippen LogP contribution < -0.4 is 0 Å². The standard InChI is InChI=1S/C16H17NO4/c1-17(16(21)13-4-2-3-5-14(13)19)10-15(20)11-6-8-12(18)9-7-11/h2-9,15,18-20H,10H2,1H3. The van der Waals surface area contributed by atoms with Crippen LogP contribution in [0.1, 0.15) is 22.0 Å². The Morgan fingerprint density at radius 2 is 1.71 bits per heavy atom. The Morgan fingerprint density at radius 3 is 2.33 bits per heavy atom. The van der Waals surface area contributed by atoms with E-state index >= 15 is 0 Å². The lowest BCUT2D eigenvalue weighted by Crippen LogP contribution is -2.31. The third-order valence-corrected chi connectivity index (χ3v) is 3.21. The average Bonchev–Trinajstić information content (AvgIpc) is 2.47. The fourth-order valence-corrected chi connectivity index (χ4v) is 2.00. The molecule has 21 heavy (non-hydrogen) atoms. The zero-order valence-corrected chi connectivity index (χ0v) is 11.6. The molecular weight excluding hydrogens is 270 g/mol. The SMILES string of the molecule is CN(CC(O)c1ccc(O)cc1)C(=O)c1ccccc1O. The van der Waals surface area contributed by atoms with E-state index in [2.05, 4.69) is 0 Å². The van der Waals surface area contributed by atoms with Crippen molar-refractivity contribution in [3.8, 4) is 11.5 Å². The molecule has 0 aromatic heterocycles. The molecule has 5 heteroatoms. The van der Waals surface area contributed by atoms with Gasteiger partial charge in [0.25, 0.3) is 5.91 Å². The minimum atomic E-state index is -0.870. The third-order valence-electron chi connectivity index (χ3n) is 3.21. The van der Waals surface area contributed by atoms with E-state index in [-0.39, 0.29) is 29.5 Å². The van der Waals surface area contributed by atoms with Gasteiger partial charge < -0.3 is 20.2 Å².